The van der Waals surface area contributed by atoms with Gasteiger partial charge in [0.1, 0.15) is 0 Å². The van der Waals surface area contributed by atoms with Crippen LogP contribution in [0, 0.1) is 11.8 Å². The van der Waals surface area contributed by atoms with E-state index in [-0.39, 0.29) is 0 Å². The zero-order valence-corrected chi connectivity index (χ0v) is 14.4. The first-order chi connectivity index (χ1) is 9.45. The Balaban J connectivity index is 3.63. The van der Waals surface area contributed by atoms with Gasteiger partial charge in [0.2, 0.25) is 0 Å². The topological polar surface area (TPSA) is 0 Å². The molecule has 0 N–H and O–H groups in total. The second-order valence-corrected chi connectivity index (χ2v) is 6.77. The molecule has 0 heterocycles. The molecule has 0 fully saturated rings. The minimum absolute atomic E-state index is 0.859. The molecule has 0 saturated heterocycles. The monoisotopic (exact) mass is 276 g/mol. The molecule has 0 radical (unpaired) electrons. The Labute approximate surface area is 128 Å². The van der Waals surface area contributed by atoms with Crippen LogP contribution < -0.4 is 0 Å². The maximum atomic E-state index is 3.95. The maximum Gasteiger partial charge on any atom is -0.0250 e. The van der Waals surface area contributed by atoms with Gasteiger partial charge in [0.25, 0.3) is 0 Å². The van der Waals surface area contributed by atoms with Crippen LogP contribution in [0.15, 0.2) is 36.5 Å². The molecule has 116 valence electrons. The zero-order valence-electron chi connectivity index (χ0n) is 14.4. The molecule has 20 heavy (non-hydrogen) atoms. The SMILES string of the molecule is C=CC(=C)CC/C=C(\C)CCCC(C)CCCC(C)C. The Morgan fingerprint density at radius 3 is 2.25 bits per heavy atom. The molecule has 0 amide bonds. The molecular formula is C20H36. The first-order valence-corrected chi connectivity index (χ1v) is 8.41. The Hall–Kier alpha value is -0.780. The average molecular weight is 277 g/mol. The van der Waals surface area contributed by atoms with Gasteiger partial charge in [-0.2, -0.15) is 0 Å². The largest absolute Gasteiger partial charge is 0.0988 e. The van der Waals surface area contributed by atoms with Crippen molar-refractivity contribution >= 4 is 0 Å². The fourth-order valence-electron chi connectivity index (χ4n) is 2.46. The van der Waals surface area contributed by atoms with Gasteiger partial charge < -0.3 is 0 Å². The smallest absolute Gasteiger partial charge is 0.0250 e. The highest BCUT2D eigenvalue weighted by molar-refractivity contribution is 5.12. The molecule has 1 unspecified atom stereocenters. The van der Waals surface area contributed by atoms with E-state index in [1.807, 2.05) is 6.08 Å². The lowest BCUT2D eigenvalue weighted by atomic mass is 9.94. The van der Waals surface area contributed by atoms with Crippen molar-refractivity contribution in [2.24, 2.45) is 11.8 Å². The summed E-state index contributed by atoms with van der Waals surface area (Å²) >= 11 is 0. The molecule has 0 aromatic carbocycles. The van der Waals surface area contributed by atoms with E-state index >= 15 is 0 Å². The van der Waals surface area contributed by atoms with Gasteiger partial charge >= 0.3 is 0 Å². The van der Waals surface area contributed by atoms with Crippen LogP contribution >= 0.6 is 0 Å². The van der Waals surface area contributed by atoms with Crippen molar-refractivity contribution in [3.63, 3.8) is 0 Å². The van der Waals surface area contributed by atoms with Gasteiger partial charge in [-0.25, -0.2) is 0 Å². The summed E-state index contributed by atoms with van der Waals surface area (Å²) < 4.78 is 0. The second-order valence-electron chi connectivity index (χ2n) is 6.77. The van der Waals surface area contributed by atoms with Crippen LogP contribution in [0.3, 0.4) is 0 Å². The third-order valence-corrected chi connectivity index (χ3v) is 3.99. The minimum Gasteiger partial charge on any atom is -0.0988 e. The minimum atomic E-state index is 0.859. The third-order valence-electron chi connectivity index (χ3n) is 3.99. The Morgan fingerprint density at radius 2 is 1.65 bits per heavy atom. The van der Waals surface area contributed by atoms with E-state index in [2.05, 4.69) is 46.9 Å². The highest BCUT2D eigenvalue weighted by Crippen LogP contribution is 2.19. The van der Waals surface area contributed by atoms with Gasteiger partial charge in [-0.05, 0) is 44.4 Å². The van der Waals surface area contributed by atoms with E-state index in [0.29, 0.717) is 0 Å². The Kier molecular flexibility index (Phi) is 11.5. The summed E-state index contributed by atoms with van der Waals surface area (Å²) in [5.41, 5.74) is 2.68. The first-order valence-electron chi connectivity index (χ1n) is 8.41. The van der Waals surface area contributed by atoms with Crippen molar-refractivity contribution in [1.82, 2.24) is 0 Å². The standard InChI is InChI=1S/C20H36/c1-7-18(4)12-9-14-20(6)16-10-15-19(5)13-8-11-17(2)3/h7,14,17,19H,1,4,8-13,15-16H2,2-3,5-6H3/b20-14+. The maximum absolute atomic E-state index is 3.95. The number of rotatable bonds is 12. The molecule has 0 saturated carbocycles. The van der Waals surface area contributed by atoms with Crippen molar-refractivity contribution in [3.05, 3.63) is 36.5 Å². The molecule has 0 nitrogen and oxygen atoms in total. The van der Waals surface area contributed by atoms with Crippen LogP contribution in [0.5, 0.6) is 0 Å². The summed E-state index contributed by atoms with van der Waals surface area (Å²) in [6.07, 6.45) is 14.6. The van der Waals surface area contributed by atoms with Gasteiger partial charge in [-0.3, -0.25) is 0 Å². The molecule has 0 bridgehead atoms. The zero-order chi connectivity index (χ0) is 15.4. The average Bonchev–Trinajstić information content (AvgIpc) is 2.38. The molecule has 0 rings (SSSR count). The predicted molar refractivity (Wildman–Crippen MR) is 94.0 cm³/mol. The molecule has 0 heteroatoms. The van der Waals surface area contributed by atoms with Gasteiger partial charge in [-0.1, -0.05) is 82.9 Å². The summed E-state index contributed by atoms with van der Waals surface area (Å²) in [5.74, 6) is 1.75. The highest BCUT2D eigenvalue weighted by Gasteiger charge is 2.03. The molecule has 0 aromatic heterocycles. The van der Waals surface area contributed by atoms with Crippen LogP contribution in [0.25, 0.3) is 0 Å². The number of allylic oxidation sites excluding steroid dienone is 4. The molecule has 0 aliphatic carbocycles. The van der Waals surface area contributed by atoms with E-state index < -0.39 is 0 Å². The van der Waals surface area contributed by atoms with Crippen LogP contribution in [0.4, 0.5) is 0 Å². The van der Waals surface area contributed by atoms with Crippen molar-refractivity contribution in [3.8, 4) is 0 Å². The number of hydrogen-bond donors (Lipinski definition) is 0. The number of hydrogen-bond acceptors (Lipinski definition) is 0. The lowest BCUT2D eigenvalue weighted by Crippen LogP contribution is -1.97. The summed E-state index contributed by atoms with van der Waals surface area (Å²) in [6.45, 7) is 17.0. The van der Waals surface area contributed by atoms with E-state index in [0.717, 1.165) is 30.3 Å². The predicted octanol–water partition coefficient (Wildman–Crippen LogP) is 7.09. The highest BCUT2D eigenvalue weighted by atomic mass is 14.1. The molecule has 0 spiro atoms. The normalized spacial score (nSPS) is 13.6. The second kappa shape index (κ2) is 12.0. The van der Waals surface area contributed by atoms with E-state index in [1.54, 1.807) is 0 Å². The lowest BCUT2D eigenvalue weighted by Gasteiger charge is -2.12. The van der Waals surface area contributed by atoms with Crippen molar-refractivity contribution in [2.75, 3.05) is 0 Å². The first kappa shape index (κ1) is 19.2. The van der Waals surface area contributed by atoms with E-state index in [4.69, 9.17) is 0 Å². The fraction of sp³-hybridized carbons (Fsp3) is 0.700. The molecule has 0 aromatic rings. The van der Waals surface area contributed by atoms with Gasteiger partial charge in [0.05, 0.1) is 0 Å². The molecular weight excluding hydrogens is 240 g/mol. The van der Waals surface area contributed by atoms with Crippen LogP contribution in [0.1, 0.15) is 79.1 Å². The van der Waals surface area contributed by atoms with Crippen molar-refractivity contribution in [2.45, 2.75) is 79.1 Å². The van der Waals surface area contributed by atoms with E-state index in [1.165, 1.54) is 44.1 Å². The van der Waals surface area contributed by atoms with Crippen LogP contribution in [0.2, 0.25) is 0 Å². The van der Waals surface area contributed by atoms with Gasteiger partial charge in [-0.15, -0.1) is 0 Å². The quantitative estimate of drug-likeness (QED) is 0.264. The van der Waals surface area contributed by atoms with E-state index in [9.17, 15) is 0 Å². The summed E-state index contributed by atoms with van der Waals surface area (Å²) in [4.78, 5) is 0. The third kappa shape index (κ3) is 12.3. The van der Waals surface area contributed by atoms with Gasteiger partial charge in [0, 0.05) is 0 Å². The summed E-state index contributed by atoms with van der Waals surface area (Å²) in [6, 6.07) is 0. The molecule has 0 aliphatic rings. The fourth-order valence-corrected chi connectivity index (χ4v) is 2.46. The van der Waals surface area contributed by atoms with Crippen molar-refractivity contribution < 1.29 is 0 Å². The lowest BCUT2D eigenvalue weighted by molar-refractivity contribution is 0.427. The molecule has 0 aliphatic heterocycles. The van der Waals surface area contributed by atoms with Crippen LogP contribution in [-0.4, -0.2) is 0 Å². The Morgan fingerprint density at radius 1 is 1.00 bits per heavy atom. The summed E-state index contributed by atoms with van der Waals surface area (Å²) in [7, 11) is 0. The molecule has 1 atom stereocenters. The summed E-state index contributed by atoms with van der Waals surface area (Å²) in [5, 5.41) is 0. The van der Waals surface area contributed by atoms with Gasteiger partial charge in [0.15, 0.2) is 0 Å². The van der Waals surface area contributed by atoms with Crippen molar-refractivity contribution in [1.29, 1.82) is 0 Å². The van der Waals surface area contributed by atoms with Crippen LogP contribution in [-0.2, 0) is 0 Å². The Bertz CT molecular complexity index is 293.